The van der Waals surface area contributed by atoms with Crippen molar-refractivity contribution in [3.63, 3.8) is 0 Å². The molecule has 7 atom stereocenters. The molecule has 0 radical (unpaired) electrons. The molecule has 0 aliphatic carbocycles. The van der Waals surface area contributed by atoms with E-state index in [1.807, 2.05) is 12.2 Å². The molecule has 3 saturated heterocycles. The molecule has 0 N–H and O–H groups in total. The molecule has 3 aliphatic rings. The summed E-state index contributed by atoms with van der Waals surface area (Å²) >= 11 is 0. The Hall–Kier alpha value is -5.31. The molecular formula is C57H72O9. The zero-order chi connectivity index (χ0) is 47.1. The van der Waals surface area contributed by atoms with E-state index >= 15 is 0 Å². The molecule has 3 heterocycles. The number of unbranched alkanes of at least 4 members (excludes halogenated alkanes) is 15. The first-order chi connectivity index (χ1) is 32.4. The highest BCUT2D eigenvalue weighted by Crippen LogP contribution is 2.28. The number of epoxide rings is 3. The van der Waals surface area contributed by atoms with E-state index in [1.165, 1.54) is 57.8 Å². The van der Waals surface area contributed by atoms with E-state index in [-0.39, 0.29) is 88.4 Å². The number of esters is 3. The maximum atomic E-state index is 12.7. The van der Waals surface area contributed by atoms with Gasteiger partial charge in [0.1, 0.15) is 31.5 Å². The lowest BCUT2D eigenvalue weighted by Crippen LogP contribution is -2.30. The number of carbonyl (C=O) groups excluding carboxylic acids is 3. The van der Waals surface area contributed by atoms with E-state index in [4.69, 9.17) is 34.8 Å². The summed E-state index contributed by atoms with van der Waals surface area (Å²) in [6.07, 6.45) is 32.9. The van der Waals surface area contributed by atoms with Gasteiger partial charge in [-0.05, 0) is 86.9 Å². The number of ether oxygens (including phenoxy) is 6. The van der Waals surface area contributed by atoms with Gasteiger partial charge in [0.15, 0.2) is 6.10 Å². The lowest BCUT2D eigenvalue weighted by Gasteiger charge is -2.17. The predicted octanol–water partition coefficient (Wildman–Crippen LogP) is 9.85. The second-order valence-electron chi connectivity index (χ2n) is 16.8. The zero-order valence-corrected chi connectivity index (χ0v) is 39.4. The third kappa shape index (κ3) is 30.0. The molecular weight excluding hydrogens is 829 g/mol. The molecule has 3 aliphatic heterocycles. The minimum Gasteiger partial charge on any atom is -0.462 e. The summed E-state index contributed by atoms with van der Waals surface area (Å²) in [6.45, 7) is 6.95. The Labute approximate surface area is 397 Å². The molecule has 0 saturated carbocycles. The molecule has 9 heteroatoms. The molecule has 3 rings (SSSR count). The number of carbonyl (C=O) groups is 3. The van der Waals surface area contributed by atoms with E-state index in [1.54, 1.807) is 0 Å². The summed E-state index contributed by atoms with van der Waals surface area (Å²) in [5.41, 5.74) is 0. The Kier molecular flexibility index (Phi) is 30.7. The monoisotopic (exact) mass is 901 g/mol. The molecule has 0 aromatic heterocycles. The summed E-state index contributed by atoms with van der Waals surface area (Å²) in [5, 5.41) is 0. The molecule has 0 aromatic rings. The molecule has 9 nitrogen and oxygen atoms in total. The van der Waals surface area contributed by atoms with Gasteiger partial charge in [-0.2, -0.15) is 0 Å². The van der Waals surface area contributed by atoms with E-state index < -0.39 is 24.0 Å². The van der Waals surface area contributed by atoms with Crippen LogP contribution in [0.25, 0.3) is 0 Å². The highest BCUT2D eigenvalue weighted by molar-refractivity contribution is 5.71. The first-order valence-electron chi connectivity index (χ1n) is 24.5. The van der Waals surface area contributed by atoms with Crippen LogP contribution in [0, 0.1) is 83.4 Å². The fourth-order valence-corrected chi connectivity index (χ4v) is 6.91. The van der Waals surface area contributed by atoms with Gasteiger partial charge >= 0.3 is 17.9 Å². The van der Waals surface area contributed by atoms with Crippen LogP contribution >= 0.6 is 0 Å². The van der Waals surface area contributed by atoms with E-state index in [0.717, 1.165) is 77.0 Å². The van der Waals surface area contributed by atoms with Gasteiger partial charge in [0.25, 0.3) is 0 Å². The summed E-state index contributed by atoms with van der Waals surface area (Å²) in [7, 11) is 0. The highest BCUT2D eigenvalue weighted by atomic mass is 16.6. The molecule has 3 fully saturated rings. The van der Waals surface area contributed by atoms with Crippen LogP contribution in [0.1, 0.15) is 173 Å². The van der Waals surface area contributed by atoms with Crippen LogP contribution in [0.3, 0.4) is 0 Å². The normalized spacial score (nSPS) is 19.4. The topological polar surface area (TPSA) is 116 Å². The molecule has 0 aromatic carbocycles. The van der Waals surface area contributed by atoms with Crippen molar-refractivity contribution in [1.29, 1.82) is 0 Å². The number of allylic oxidation sites excluding steroid dienone is 2. The molecule has 0 bridgehead atoms. The van der Waals surface area contributed by atoms with Crippen molar-refractivity contribution in [2.75, 3.05) is 13.2 Å². The maximum Gasteiger partial charge on any atom is 0.307 e. The summed E-state index contributed by atoms with van der Waals surface area (Å²) in [6, 6.07) is 0. The molecule has 0 spiro atoms. The van der Waals surface area contributed by atoms with Crippen LogP contribution in [0.4, 0.5) is 0 Å². The van der Waals surface area contributed by atoms with Crippen molar-refractivity contribution in [2.45, 2.75) is 216 Å². The van der Waals surface area contributed by atoms with Crippen LogP contribution in [-0.4, -0.2) is 73.8 Å². The van der Waals surface area contributed by atoms with Crippen molar-refractivity contribution < 1.29 is 42.8 Å². The quantitative estimate of drug-likeness (QED) is 0.0155. The lowest BCUT2D eigenvalue weighted by atomic mass is 10.1. The van der Waals surface area contributed by atoms with Crippen LogP contribution in [-0.2, 0) is 42.8 Å². The van der Waals surface area contributed by atoms with Gasteiger partial charge in [0, 0.05) is 25.7 Å². The standard InChI is InChI=1S/C57H72O9/c1-4-7-10-13-16-19-28-37-49-52(64-49)40-31-22-25-34-43-55(58)61-46-48(63-57(60)45-36-27-24-33-42-54-51(66-54)39-30-21-18-15-12-9-6-3)47-62-56(59)44-35-26-23-32-41-53-50(65-53)38-29-20-17-14-11-8-5-2/h1,5-6,48-54H,2-3,7-21,28-30,34-39,43-47H2/t48?,49-,50-,51-,52-,53-,54-/m0/s1. The lowest BCUT2D eigenvalue weighted by molar-refractivity contribution is -0.166. The van der Waals surface area contributed by atoms with E-state index in [9.17, 15) is 14.4 Å². The van der Waals surface area contributed by atoms with Gasteiger partial charge in [-0.25, -0.2) is 0 Å². The third-order valence-corrected chi connectivity index (χ3v) is 11.0. The smallest absolute Gasteiger partial charge is 0.307 e. The Morgan fingerprint density at radius 2 is 0.848 bits per heavy atom. The van der Waals surface area contributed by atoms with Gasteiger partial charge in [-0.1, -0.05) is 125 Å². The van der Waals surface area contributed by atoms with Crippen molar-refractivity contribution in [3.05, 3.63) is 25.3 Å². The van der Waals surface area contributed by atoms with Crippen LogP contribution in [0.2, 0.25) is 0 Å². The largest absolute Gasteiger partial charge is 0.462 e. The van der Waals surface area contributed by atoms with E-state index in [2.05, 4.69) is 90.1 Å². The maximum absolute atomic E-state index is 12.7. The van der Waals surface area contributed by atoms with Crippen molar-refractivity contribution >= 4 is 17.9 Å². The molecule has 66 heavy (non-hydrogen) atoms. The molecule has 354 valence electrons. The number of terminal acetylenes is 1. The van der Waals surface area contributed by atoms with E-state index in [0.29, 0.717) is 0 Å². The average Bonchev–Trinajstić information content (AvgIpc) is 4.26. The van der Waals surface area contributed by atoms with Gasteiger partial charge in [0.05, 0.1) is 37.6 Å². The first-order valence-corrected chi connectivity index (χ1v) is 24.5. The number of hydrogen-bond acceptors (Lipinski definition) is 9. The minimum absolute atomic E-state index is 0.0148. The minimum atomic E-state index is -1.01. The Bertz CT molecular complexity index is 1920. The van der Waals surface area contributed by atoms with Crippen LogP contribution in [0.5, 0.6) is 0 Å². The fourth-order valence-electron chi connectivity index (χ4n) is 6.91. The predicted molar refractivity (Wildman–Crippen MR) is 258 cm³/mol. The number of hydrogen-bond donors (Lipinski definition) is 0. The number of rotatable bonds is 34. The SMILES string of the molecule is C#CCCCCCCC[C@@H]1O[C@H]1C#CC#CCCC(=O)OCC(COC(=O)CCC#CC#C[C@@H]1O[C@H]1CCCCCCCC=C)OC(=O)CCC#CC#C[C@@H]1O[C@H]1CCCCCCCC=C. The summed E-state index contributed by atoms with van der Waals surface area (Å²) in [4.78, 5) is 37.8. The van der Waals surface area contributed by atoms with Crippen LogP contribution < -0.4 is 0 Å². The first kappa shape index (κ1) is 55.0. The highest BCUT2D eigenvalue weighted by Gasteiger charge is 2.37. The van der Waals surface area contributed by atoms with Gasteiger partial charge < -0.3 is 28.4 Å². The van der Waals surface area contributed by atoms with Crippen molar-refractivity contribution in [3.8, 4) is 83.4 Å². The van der Waals surface area contributed by atoms with Gasteiger partial charge in [0.2, 0.25) is 0 Å². The Morgan fingerprint density at radius 3 is 1.24 bits per heavy atom. The third-order valence-electron chi connectivity index (χ3n) is 11.0. The Balaban J connectivity index is 1.35. The second-order valence-corrected chi connectivity index (χ2v) is 16.8. The summed E-state index contributed by atoms with van der Waals surface area (Å²) < 4.78 is 33.2. The average molecular weight is 901 g/mol. The Morgan fingerprint density at radius 1 is 0.485 bits per heavy atom. The van der Waals surface area contributed by atoms with Crippen molar-refractivity contribution in [2.24, 2.45) is 0 Å². The zero-order valence-electron chi connectivity index (χ0n) is 39.4. The van der Waals surface area contributed by atoms with Crippen molar-refractivity contribution in [1.82, 2.24) is 0 Å². The fraction of sp³-hybridized carbons (Fsp3) is 0.632. The van der Waals surface area contributed by atoms with Gasteiger partial charge in [-0.15, -0.1) is 25.5 Å². The van der Waals surface area contributed by atoms with Crippen LogP contribution in [0.15, 0.2) is 25.3 Å². The molecule has 1 unspecified atom stereocenters. The summed E-state index contributed by atoms with van der Waals surface area (Å²) in [5.74, 6) is 35.5. The molecule has 0 amide bonds. The van der Waals surface area contributed by atoms with Gasteiger partial charge in [-0.3, -0.25) is 14.4 Å². The second kappa shape index (κ2) is 36.9.